The number of hydrogen-bond acceptors (Lipinski definition) is 4. The van der Waals surface area contributed by atoms with E-state index in [0.717, 1.165) is 0 Å². The zero-order valence-corrected chi connectivity index (χ0v) is 8.72. The van der Waals surface area contributed by atoms with Crippen molar-refractivity contribution in [1.82, 2.24) is 0 Å². The Balaban J connectivity index is 2.95. The molecule has 1 rings (SSSR count). The van der Waals surface area contributed by atoms with E-state index in [9.17, 15) is 15.3 Å². The average molecular weight is 233 g/mol. The second-order valence-corrected chi connectivity index (χ2v) is 3.52. The molecule has 0 saturated carbocycles. The Morgan fingerprint density at radius 2 is 1.93 bits per heavy atom. The third-order valence-electron chi connectivity index (χ3n) is 2.14. The second-order valence-electron chi connectivity index (χ2n) is 3.21. The maximum Gasteiger partial charge on any atom is 0.121 e. The summed E-state index contributed by atoms with van der Waals surface area (Å²) in [6, 6.07) is 4.25. The number of rotatable bonds is 4. The Morgan fingerprint density at radius 3 is 2.47 bits per heavy atom. The van der Waals surface area contributed by atoms with Crippen LogP contribution in [-0.4, -0.2) is 32.4 Å². The van der Waals surface area contributed by atoms with Gasteiger partial charge in [0.2, 0.25) is 0 Å². The molecule has 0 fully saturated rings. The summed E-state index contributed by atoms with van der Waals surface area (Å²) < 4.78 is 0. The molecule has 15 heavy (non-hydrogen) atoms. The van der Waals surface area contributed by atoms with Gasteiger partial charge in [-0.25, -0.2) is 0 Å². The minimum atomic E-state index is -1.12. The Morgan fingerprint density at radius 1 is 1.27 bits per heavy atom. The molecule has 5 heteroatoms. The van der Waals surface area contributed by atoms with Crippen LogP contribution in [0.15, 0.2) is 18.2 Å². The first kappa shape index (κ1) is 12.3. The van der Waals surface area contributed by atoms with Crippen molar-refractivity contribution in [3.8, 4) is 5.75 Å². The van der Waals surface area contributed by atoms with E-state index in [1.54, 1.807) is 0 Å². The molecule has 4 N–H and O–H groups in total. The van der Waals surface area contributed by atoms with Gasteiger partial charge in [-0.3, -0.25) is 0 Å². The van der Waals surface area contributed by atoms with Crippen LogP contribution in [0.25, 0.3) is 0 Å². The van der Waals surface area contributed by atoms with Crippen molar-refractivity contribution in [2.45, 2.75) is 18.8 Å². The van der Waals surface area contributed by atoms with Crippen molar-refractivity contribution in [3.05, 3.63) is 29.3 Å². The summed E-state index contributed by atoms with van der Waals surface area (Å²) in [6.07, 6.45) is -2.18. The maximum absolute atomic E-state index is 9.60. The van der Waals surface area contributed by atoms with Gasteiger partial charge in [0.1, 0.15) is 11.9 Å². The minimum Gasteiger partial charge on any atom is -0.508 e. The largest absolute Gasteiger partial charge is 0.508 e. The van der Waals surface area contributed by atoms with Crippen LogP contribution in [0.4, 0.5) is 0 Å². The normalized spacial score (nSPS) is 14.9. The fraction of sp³-hybridized carbons (Fsp3) is 0.400. The first-order valence-electron chi connectivity index (χ1n) is 4.45. The Bertz CT molecular complexity index is 329. The average Bonchev–Trinajstić information content (AvgIpc) is 2.27. The first-order chi connectivity index (χ1) is 7.10. The van der Waals surface area contributed by atoms with Crippen molar-refractivity contribution in [1.29, 1.82) is 0 Å². The van der Waals surface area contributed by atoms with Crippen molar-refractivity contribution in [2.24, 2.45) is 0 Å². The molecule has 2 unspecified atom stereocenters. The predicted molar refractivity (Wildman–Crippen MR) is 55.7 cm³/mol. The minimum absolute atomic E-state index is 0.0474. The van der Waals surface area contributed by atoms with Gasteiger partial charge in [0.25, 0.3) is 0 Å². The van der Waals surface area contributed by atoms with Crippen LogP contribution in [0.3, 0.4) is 0 Å². The van der Waals surface area contributed by atoms with Gasteiger partial charge >= 0.3 is 0 Å². The van der Waals surface area contributed by atoms with Crippen molar-refractivity contribution < 1.29 is 20.4 Å². The van der Waals surface area contributed by atoms with E-state index in [2.05, 4.69) is 0 Å². The van der Waals surface area contributed by atoms with Crippen LogP contribution < -0.4 is 0 Å². The van der Waals surface area contributed by atoms with Crippen LogP contribution in [0, 0.1) is 0 Å². The SMILES string of the molecule is OCc1cc(C(O)C(O)CCl)ccc1O. The first-order valence-corrected chi connectivity index (χ1v) is 4.98. The van der Waals surface area contributed by atoms with Gasteiger partial charge in [0, 0.05) is 5.56 Å². The molecule has 0 radical (unpaired) electrons. The highest BCUT2D eigenvalue weighted by atomic mass is 35.5. The van der Waals surface area contributed by atoms with E-state index in [0.29, 0.717) is 11.1 Å². The number of halogens is 1. The predicted octanol–water partition coefficient (Wildman–Crippen LogP) is 0.518. The lowest BCUT2D eigenvalue weighted by atomic mass is 10.0. The number of aliphatic hydroxyl groups is 3. The van der Waals surface area contributed by atoms with E-state index >= 15 is 0 Å². The lowest BCUT2D eigenvalue weighted by Gasteiger charge is -2.16. The summed E-state index contributed by atoms with van der Waals surface area (Å²) in [7, 11) is 0. The third kappa shape index (κ3) is 2.82. The van der Waals surface area contributed by atoms with Crippen molar-refractivity contribution in [2.75, 3.05) is 5.88 Å². The van der Waals surface area contributed by atoms with E-state index < -0.39 is 12.2 Å². The fourth-order valence-corrected chi connectivity index (χ4v) is 1.39. The number of benzene rings is 1. The summed E-state index contributed by atoms with van der Waals surface area (Å²) in [4.78, 5) is 0. The number of hydrogen-bond donors (Lipinski definition) is 4. The van der Waals surface area contributed by atoms with Gasteiger partial charge in [0.05, 0.1) is 18.6 Å². The molecule has 0 aromatic heterocycles. The molecule has 1 aromatic rings. The zero-order chi connectivity index (χ0) is 11.4. The monoisotopic (exact) mass is 232 g/mol. The number of aliphatic hydroxyl groups excluding tert-OH is 3. The third-order valence-corrected chi connectivity index (χ3v) is 2.45. The molecule has 0 amide bonds. The highest BCUT2D eigenvalue weighted by Gasteiger charge is 2.18. The van der Waals surface area contributed by atoms with Gasteiger partial charge in [-0.1, -0.05) is 6.07 Å². The lowest BCUT2D eigenvalue weighted by molar-refractivity contribution is 0.0326. The summed E-state index contributed by atoms with van der Waals surface area (Å²) >= 11 is 5.39. The highest BCUT2D eigenvalue weighted by Crippen LogP contribution is 2.24. The second kappa shape index (κ2) is 5.32. The molecule has 1 aromatic carbocycles. The Kier molecular flexibility index (Phi) is 4.35. The molecule has 0 aliphatic rings. The summed E-state index contributed by atoms with van der Waals surface area (Å²) in [5.74, 6) is -0.134. The van der Waals surface area contributed by atoms with E-state index in [1.807, 2.05) is 0 Å². The van der Waals surface area contributed by atoms with Crippen molar-refractivity contribution >= 4 is 11.6 Å². The zero-order valence-electron chi connectivity index (χ0n) is 7.97. The molecule has 0 bridgehead atoms. The van der Waals surface area contributed by atoms with E-state index in [1.165, 1.54) is 18.2 Å². The van der Waals surface area contributed by atoms with Crippen LogP contribution in [0.1, 0.15) is 17.2 Å². The number of phenols is 1. The molecule has 0 spiro atoms. The van der Waals surface area contributed by atoms with E-state index in [-0.39, 0.29) is 18.2 Å². The Hall–Kier alpha value is -0.810. The summed E-state index contributed by atoms with van der Waals surface area (Å²) in [5.41, 5.74) is 0.707. The van der Waals surface area contributed by atoms with Gasteiger partial charge in [-0.05, 0) is 17.7 Å². The molecule has 2 atom stereocenters. The van der Waals surface area contributed by atoms with Crippen LogP contribution in [-0.2, 0) is 6.61 Å². The molecular weight excluding hydrogens is 220 g/mol. The fourth-order valence-electron chi connectivity index (χ4n) is 1.22. The molecule has 0 aliphatic carbocycles. The van der Waals surface area contributed by atoms with Gasteiger partial charge in [-0.2, -0.15) is 0 Å². The number of alkyl halides is 1. The van der Waals surface area contributed by atoms with Gasteiger partial charge < -0.3 is 20.4 Å². The summed E-state index contributed by atoms with van der Waals surface area (Å²) in [5, 5.41) is 37.1. The molecule has 0 saturated heterocycles. The standard InChI is InChI=1S/C10H13ClO4/c11-4-9(14)10(15)6-1-2-8(13)7(3-6)5-12/h1-3,9-10,12-15H,4-5H2. The maximum atomic E-state index is 9.60. The smallest absolute Gasteiger partial charge is 0.121 e. The quantitative estimate of drug-likeness (QED) is 0.571. The van der Waals surface area contributed by atoms with E-state index in [4.69, 9.17) is 16.7 Å². The lowest BCUT2D eigenvalue weighted by Crippen LogP contribution is -2.19. The van der Waals surface area contributed by atoms with Crippen molar-refractivity contribution in [3.63, 3.8) is 0 Å². The van der Waals surface area contributed by atoms with Gasteiger partial charge in [-0.15, -0.1) is 11.6 Å². The Labute approximate surface area is 92.4 Å². The summed E-state index contributed by atoms with van der Waals surface area (Å²) in [6.45, 7) is -0.330. The van der Waals surface area contributed by atoms with Gasteiger partial charge in [0.15, 0.2) is 0 Å². The number of aromatic hydroxyl groups is 1. The van der Waals surface area contributed by atoms with Crippen LogP contribution in [0.2, 0.25) is 0 Å². The molecule has 84 valence electrons. The molecule has 0 heterocycles. The molecule has 0 aliphatic heterocycles. The van der Waals surface area contributed by atoms with Crippen LogP contribution in [0.5, 0.6) is 5.75 Å². The van der Waals surface area contributed by atoms with Crippen LogP contribution >= 0.6 is 11.6 Å². The molecular formula is C10H13ClO4. The topological polar surface area (TPSA) is 80.9 Å². The molecule has 4 nitrogen and oxygen atoms in total. The highest BCUT2D eigenvalue weighted by molar-refractivity contribution is 6.18.